The molecule has 3 nitrogen and oxygen atoms in total. The summed E-state index contributed by atoms with van der Waals surface area (Å²) in [4.78, 5) is 11.6. The minimum absolute atomic E-state index is 0.335. The number of hydrogen-bond donors (Lipinski definition) is 1. The molecule has 84 valence electrons. The van der Waals surface area contributed by atoms with Crippen LogP contribution in [-0.4, -0.2) is 15.0 Å². The van der Waals surface area contributed by atoms with Gasteiger partial charge in [-0.3, -0.25) is 0 Å². The number of pyridine rings is 1. The van der Waals surface area contributed by atoms with E-state index in [4.69, 9.17) is 0 Å². The smallest absolute Gasteiger partial charge is 0.177 e. The van der Waals surface area contributed by atoms with E-state index < -0.39 is 0 Å². The third kappa shape index (κ3) is 1.69. The predicted molar refractivity (Wildman–Crippen MR) is 67.8 cm³/mol. The first kappa shape index (κ1) is 10.0. The Kier molecular flexibility index (Phi) is 2.37. The van der Waals surface area contributed by atoms with Gasteiger partial charge in [0.05, 0.1) is 11.8 Å². The Morgan fingerprint density at radius 1 is 1.06 bits per heavy atom. The Labute approximate surface area is 99.5 Å². The van der Waals surface area contributed by atoms with E-state index in [-0.39, 0.29) is 0 Å². The Morgan fingerprint density at radius 2 is 1.88 bits per heavy atom. The summed E-state index contributed by atoms with van der Waals surface area (Å²) in [5, 5.41) is 0. The number of imidazole rings is 1. The summed E-state index contributed by atoms with van der Waals surface area (Å²) in [5.74, 6) is 0.335. The van der Waals surface area contributed by atoms with Crippen molar-refractivity contribution >= 4 is 11.2 Å². The zero-order chi connectivity index (χ0) is 11.7. The van der Waals surface area contributed by atoms with E-state index in [1.165, 1.54) is 11.1 Å². The van der Waals surface area contributed by atoms with Crippen LogP contribution in [0.15, 0.2) is 48.9 Å². The number of fused-ring (bicyclic) bond motifs is 1. The highest BCUT2D eigenvalue weighted by molar-refractivity contribution is 5.75. The molecule has 0 aliphatic carbocycles. The third-order valence-corrected chi connectivity index (χ3v) is 3.12. The summed E-state index contributed by atoms with van der Waals surface area (Å²) in [6, 6.07) is 12.5. The van der Waals surface area contributed by atoms with Gasteiger partial charge >= 0.3 is 0 Å². The van der Waals surface area contributed by atoms with Crippen LogP contribution >= 0.6 is 0 Å². The molecule has 0 saturated heterocycles. The predicted octanol–water partition coefficient (Wildman–Crippen LogP) is 3.11. The second-order valence-electron chi connectivity index (χ2n) is 4.13. The van der Waals surface area contributed by atoms with E-state index in [0.29, 0.717) is 5.92 Å². The van der Waals surface area contributed by atoms with Crippen molar-refractivity contribution in [2.24, 2.45) is 0 Å². The van der Waals surface area contributed by atoms with Crippen LogP contribution in [0.4, 0.5) is 0 Å². The van der Waals surface area contributed by atoms with Crippen LogP contribution in [0.25, 0.3) is 11.2 Å². The molecule has 2 heterocycles. The summed E-state index contributed by atoms with van der Waals surface area (Å²) in [6.45, 7) is 2.20. The van der Waals surface area contributed by atoms with Crippen LogP contribution in [0.2, 0.25) is 0 Å². The zero-order valence-corrected chi connectivity index (χ0v) is 9.59. The highest BCUT2D eigenvalue weighted by Crippen LogP contribution is 2.27. The lowest BCUT2D eigenvalue weighted by molar-refractivity contribution is 0.927. The number of hydrogen-bond acceptors (Lipinski definition) is 2. The Balaban J connectivity index is 2.13. The molecule has 1 aromatic carbocycles. The molecule has 17 heavy (non-hydrogen) atoms. The van der Waals surface area contributed by atoms with Gasteiger partial charge in [-0.25, -0.2) is 9.97 Å². The number of rotatable bonds is 2. The van der Waals surface area contributed by atoms with Gasteiger partial charge in [0.25, 0.3) is 0 Å². The molecule has 3 rings (SSSR count). The normalized spacial score (nSPS) is 12.8. The van der Waals surface area contributed by atoms with Gasteiger partial charge in [-0.1, -0.05) is 37.3 Å². The molecule has 1 N–H and O–H groups in total. The summed E-state index contributed by atoms with van der Waals surface area (Å²) in [7, 11) is 0. The van der Waals surface area contributed by atoms with Crippen LogP contribution in [0.1, 0.15) is 24.0 Å². The fourth-order valence-corrected chi connectivity index (χ4v) is 2.15. The molecule has 1 unspecified atom stereocenters. The first-order chi connectivity index (χ1) is 8.36. The van der Waals surface area contributed by atoms with Crippen molar-refractivity contribution in [2.75, 3.05) is 0 Å². The molecule has 0 bridgehead atoms. The van der Waals surface area contributed by atoms with Gasteiger partial charge in [0, 0.05) is 12.1 Å². The average Bonchev–Trinajstić information content (AvgIpc) is 2.87. The van der Waals surface area contributed by atoms with Gasteiger partial charge < -0.3 is 4.98 Å². The topological polar surface area (TPSA) is 41.6 Å². The van der Waals surface area contributed by atoms with E-state index in [9.17, 15) is 0 Å². The molecule has 2 aromatic heterocycles. The van der Waals surface area contributed by atoms with E-state index in [1.807, 2.05) is 12.3 Å². The maximum atomic E-state index is 4.24. The fraction of sp³-hybridized carbons (Fsp3) is 0.143. The maximum absolute atomic E-state index is 4.24. The van der Waals surface area contributed by atoms with Gasteiger partial charge in [-0.2, -0.15) is 0 Å². The van der Waals surface area contributed by atoms with Crippen molar-refractivity contribution in [1.29, 1.82) is 0 Å². The van der Waals surface area contributed by atoms with E-state index >= 15 is 0 Å². The standard InChI is InChI=1S/C14H13N3/c1-10(11-5-3-2-4-6-11)12-7-8-15-14-13(12)16-9-17-14/h2-10H,1H3,(H,15,16,17). The fourth-order valence-electron chi connectivity index (χ4n) is 2.15. The van der Waals surface area contributed by atoms with Gasteiger partial charge in [0.2, 0.25) is 0 Å². The summed E-state index contributed by atoms with van der Waals surface area (Å²) in [6.07, 6.45) is 3.51. The SMILES string of the molecule is CC(c1ccccc1)c1ccnc2nc[nH]c12. The zero-order valence-electron chi connectivity index (χ0n) is 9.59. The highest BCUT2D eigenvalue weighted by atomic mass is 14.9. The van der Waals surface area contributed by atoms with E-state index in [2.05, 4.69) is 52.2 Å². The molecular formula is C14H13N3. The molecule has 1 atom stereocenters. The van der Waals surface area contributed by atoms with Crippen molar-refractivity contribution in [3.63, 3.8) is 0 Å². The number of nitrogens with one attached hydrogen (secondary N) is 1. The first-order valence-electron chi connectivity index (χ1n) is 5.69. The second-order valence-corrected chi connectivity index (χ2v) is 4.13. The van der Waals surface area contributed by atoms with Gasteiger partial charge in [-0.15, -0.1) is 0 Å². The first-order valence-corrected chi connectivity index (χ1v) is 5.69. The van der Waals surface area contributed by atoms with Crippen molar-refractivity contribution < 1.29 is 0 Å². The van der Waals surface area contributed by atoms with Crippen molar-refractivity contribution in [2.45, 2.75) is 12.8 Å². The number of aromatic amines is 1. The maximum Gasteiger partial charge on any atom is 0.177 e. The molecule has 0 aliphatic rings. The monoisotopic (exact) mass is 223 g/mol. The minimum atomic E-state index is 0.335. The molecule has 3 aromatic rings. The highest BCUT2D eigenvalue weighted by Gasteiger charge is 2.12. The van der Waals surface area contributed by atoms with Crippen molar-refractivity contribution in [3.05, 3.63) is 60.0 Å². The summed E-state index contributed by atoms with van der Waals surface area (Å²) in [5.41, 5.74) is 4.35. The molecule has 0 amide bonds. The molecular weight excluding hydrogens is 210 g/mol. The summed E-state index contributed by atoms with van der Waals surface area (Å²) >= 11 is 0. The van der Waals surface area contributed by atoms with Crippen LogP contribution in [0, 0.1) is 0 Å². The lowest BCUT2D eigenvalue weighted by Crippen LogP contribution is -1.97. The molecule has 3 heteroatoms. The van der Waals surface area contributed by atoms with Gasteiger partial charge in [0.1, 0.15) is 0 Å². The lowest BCUT2D eigenvalue weighted by atomic mass is 9.93. The number of nitrogens with zero attached hydrogens (tertiary/aromatic N) is 2. The lowest BCUT2D eigenvalue weighted by Gasteiger charge is -2.12. The molecule has 0 saturated carbocycles. The van der Waals surface area contributed by atoms with Crippen molar-refractivity contribution in [3.8, 4) is 0 Å². The number of benzene rings is 1. The molecule has 0 fully saturated rings. The van der Waals surface area contributed by atoms with Gasteiger partial charge in [-0.05, 0) is 17.2 Å². The van der Waals surface area contributed by atoms with Crippen LogP contribution in [-0.2, 0) is 0 Å². The Morgan fingerprint density at radius 3 is 2.71 bits per heavy atom. The van der Waals surface area contributed by atoms with Crippen LogP contribution < -0.4 is 0 Å². The minimum Gasteiger partial charge on any atom is -0.343 e. The Hall–Kier alpha value is -2.16. The average molecular weight is 223 g/mol. The quantitative estimate of drug-likeness (QED) is 0.725. The van der Waals surface area contributed by atoms with Gasteiger partial charge in [0.15, 0.2) is 5.65 Å². The Bertz CT molecular complexity index is 628. The summed E-state index contributed by atoms with van der Waals surface area (Å²) < 4.78 is 0. The van der Waals surface area contributed by atoms with E-state index in [1.54, 1.807) is 6.33 Å². The largest absolute Gasteiger partial charge is 0.343 e. The molecule has 0 spiro atoms. The van der Waals surface area contributed by atoms with Crippen LogP contribution in [0.3, 0.4) is 0 Å². The van der Waals surface area contributed by atoms with Crippen molar-refractivity contribution in [1.82, 2.24) is 15.0 Å². The number of H-pyrrole nitrogens is 1. The molecule has 0 aliphatic heterocycles. The second kappa shape index (κ2) is 4.01. The molecule has 0 radical (unpaired) electrons. The number of aromatic nitrogens is 3. The third-order valence-electron chi connectivity index (χ3n) is 3.12. The van der Waals surface area contributed by atoms with Crippen LogP contribution in [0.5, 0.6) is 0 Å². The van der Waals surface area contributed by atoms with E-state index in [0.717, 1.165) is 11.2 Å².